The van der Waals surface area contributed by atoms with E-state index in [1.165, 1.54) is 205 Å². The molecule has 0 N–H and O–H groups in total. The monoisotopic (exact) mass is 661 g/mol. The van der Waals surface area contributed by atoms with E-state index < -0.39 is 0 Å². The van der Waals surface area contributed by atoms with Gasteiger partial charge in [0.1, 0.15) is 0 Å². The molecule has 38 heavy (non-hydrogen) atoms. The maximum Gasteiger partial charge on any atom is 0.199 e. The average Bonchev–Trinajstić information content (AvgIpc) is 2.91. The Hall–Kier alpha value is 1.26. The van der Waals surface area contributed by atoms with Gasteiger partial charge in [-0.05, 0) is 0 Å². The van der Waals surface area contributed by atoms with Crippen molar-refractivity contribution in [3.05, 3.63) is 0 Å². The van der Waals surface area contributed by atoms with Gasteiger partial charge in [0.15, 0.2) is 15.2 Å². The summed E-state index contributed by atoms with van der Waals surface area (Å²) >= 11 is 0.768. The smallest absolute Gasteiger partial charge is 0.107 e. The number of halogens is 1. The summed E-state index contributed by atoms with van der Waals surface area (Å²) in [6.07, 6.45) is 47.6. The second-order valence-corrected chi connectivity index (χ2v) is 14.2. The highest BCUT2D eigenvalue weighted by Gasteiger charge is 1.98. The maximum absolute atomic E-state index is 2.31. The van der Waals surface area contributed by atoms with E-state index in [0.29, 0.717) is 0 Å². The number of rotatable bonds is 34. The molecule has 0 aromatic heterocycles. The molecule has 229 valence electrons. The zero-order valence-electron chi connectivity index (χ0n) is 27.0. The third kappa shape index (κ3) is 39.4. The summed E-state index contributed by atoms with van der Waals surface area (Å²) in [5.74, 6) is 0. The van der Waals surface area contributed by atoms with Gasteiger partial charge in [-0.1, -0.05) is 219 Å². The van der Waals surface area contributed by atoms with Crippen LogP contribution >= 0.6 is 24.0 Å². The molecule has 0 rings (SSSR count). The van der Waals surface area contributed by atoms with E-state index in [1.54, 1.807) is 10.6 Å². The Labute approximate surface area is 267 Å². The molecule has 0 aromatic carbocycles. The molecule has 0 spiro atoms. The summed E-state index contributed by atoms with van der Waals surface area (Å²) in [6.45, 7) is 4.62. The minimum absolute atomic E-state index is 0. The minimum Gasteiger partial charge on any atom is -0.107 e. The third-order valence-corrected chi connectivity index (χ3v) is 10.2. The molecular formula is C36H75AlI. The van der Waals surface area contributed by atoms with Gasteiger partial charge in [0.25, 0.3) is 0 Å². The highest BCUT2D eigenvalue weighted by atomic mass is 127. The lowest BCUT2D eigenvalue weighted by Gasteiger charge is -2.04. The zero-order chi connectivity index (χ0) is 26.7. The Morgan fingerprint density at radius 3 is 0.579 bits per heavy atom. The summed E-state index contributed by atoms with van der Waals surface area (Å²) < 4.78 is 0. The van der Waals surface area contributed by atoms with Crippen LogP contribution in [-0.2, 0) is 0 Å². The van der Waals surface area contributed by atoms with Crippen molar-refractivity contribution in [1.29, 1.82) is 0 Å². The lowest BCUT2D eigenvalue weighted by atomic mass is 10.0. The summed E-state index contributed by atoms with van der Waals surface area (Å²) in [7, 11) is 0. The number of unbranched alkanes of at least 4 members (excludes halogenated alkanes) is 30. The highest BCUT2D eigenvalue weighted by Crippen LogP contribution is 2.16. The lowest BCUT2D eigenvalue weighted by molar-refractivity contribution is 0.531. The predicted octanol–water partition coefficient (Wildman–Crippen LogP) is 14.7. The van der Waals surface area contributed by atoms with Crippen LogP contribution in [-0.4, -0.2) is 15.2 Å². The van der Waals surface area contributed by atoms with Crippen LogP contribution in [0.2, 0.25) is 10.6 Å². The summed E-state index contributed by atoms with van der Waals surface area (Å²) in [4.78, 5) is 0. The molecule has 0 saturated carbocycles. The van der Waals surface area contributed by atoms with Gasteiger partial charge in [-0.15, -0.1) is 34.5 Å². The molecule has 0 amide bonds. The van der Waals surface area contributed by atoms with Crippen LogP contribution in [0.15, 0.2) is 0 Å². The third-order valence-electron chi connectivity index (χ3n) is 8.52. The van der Waals surface area contributed by atoms with Gasteiger partial charge in [-0.25, -0.2) is 0 Å². The molecule has 0 aliphatic heterocycles. The molecule has 0 unspecified atom stereocenters. The Bertz CT molecular complexity index is 338. The van der Waals surface area contributed by atoms with Crippen molar-refractivity contribution in [3.8, 4) is 0 Å². The van der Waals surface area contributed by atoms with Gasteiger partial charge in [-0.2, -0.15) is 0 Å². The maximum atomic E-state index is 2.31. The van der Waals surface area contributed by atoms with E-state index in [2.05, 4.69) is 13.8 Å². The van der Waals surface area contributed by atoms with Crippen LogP contribution in [0, 0.1) is 0 Å². The molecule has 1 radical (unpaired) electrons. The van der Waals surface area contributed by atoms with Crippen LogP contribution in [0.1, 0.15) is 219 Å². The van der Waals surface area contributed by atoms with Crippen LogP contribution in [0.4, 0.5) is 0 Å². The fourth-order valence-electron chi connectivity index (χ4n) is 5.82. The molecule has 0 atom stereocenters. The summed E-state index contributed by atoms with van der Waals surface area (Å²) in [6, 6.07) is 0. The first-order valence-corrected chi connectivity index (χ1v) is 19.9. The molecule has 0 aromatic rings. The highest BCUT2D eigenvalue weighted by molar-refractivity contribution is 14.0. The number of hydrogen-bond acceptors (Lipinski definition) is 0. The van der Waals surface area contributed by atoms with Crippen molar-refractivity contribution in [2.75, 3.05) is 0 Å². The van der Waals surface area contributed by atoms with Gasteiger partial charge in [0.2, 0.25) is 0 Å². The molecule has 0 aliphatic carbocycles. The normalized spacial score (nSPS) is 11.1. The standard InChI is InChI=1S/2C18H37.Al.HI/c2*1-3-5-7-9-11-13-15-17-18-16-14-12-10-8-6-4-2;;/h2*1,3-18H2,2H3;;1H. The summed E-state index contributed by atoms with van der Waals surface area (Å²) in [5.41, 5.74) is 0. The molecule has 0 aliphatic rings. The van der Waals surface area contributed by atoms with Crippen molar-refractivity contribution in [2.45, 2.75) is 230 Å². The van der Waals surface area contributed by atoms with Crippen LogP contribution in [0.25, 0.3) is 0 Å². The molecule has 0 bridgehead atoms. The molecule has 0 saturated heterocycles. The largest absolute Gasteiger partial charge is 0.199 e. The fraction of sp³-hybridized carbons (Fsp3) is 1.00. The van der Waals surface area contributed by atoms with E-state index in [-0.39, 0.29) is 24.0 Å². The molecule has 0 nitrogen and oxygen atoms in total. The Balaban J connectivity index is 0. The lowest BCUT2D eigenvalue weighted by Crippen LogP contribution is -1.90. The van der Waals surface area contributed by atoms with E-state index in [0.717, 1.165) is 15.2 Å². The van der Waals surface area contributed by atoms with E-state index in [9.17, 15) is 0 Å². The molecular weight excluding hydrogens is 586 g/mol. The van der Waals surface area contributed by atoms with Gasteiger partial charge < -0.3 is 0 Å². The van der Waals surface area contributed by atoms with Gasteiger partial charge in [0, 0.05) is 0 Å². The molecule has 2 heteroatoms. The first kappa shape index (κ1) is 41.4. The second-order valence-electron chi connectivity index (χ2n) is 12.5. The summed E-state index contributed by atoms with van der Waals surface area (Å²) in [5, 5.41) is 3.16. The Morgan fingerprint density at radius 2 is 0.395 bits per heavy atom. The van der Waals surface area contributed by atoms with E-state index in [1.807, 2.05) is 0 Å². The van der Waals surface area contributed by atoms with Crippen molar-refractivity contribution >= 4 is 39.2 Å². The predicted molar refractivity (Wildman–Crippen MR) is 190 cm³/mol. The van der Waals surface area contributed by atoms with Crippen molar-refractivity contribution in [2.24, 2.45) is 0 Å². The quantitative estimate of drug-likeness (QED) is 0.0366. The average molecular weight is 662 g/mol. The van der Waals surface area contributed by atoms with Crippen molar-refractivity contribution in [3.63, 3.8) is 0 Å². The van der Waals surface area contributed by atoms with Gasteiger partial charge in [-0.3, -0.25) is 0 Å². The SMILES string of the molecule is CCCCCCCCCCCCCCCCC[CH2][Al][CH2]CCCCCCCCCCCCCCCCC.I. The zero-order valence-corrected chi connectivity index (χ0v) is 30.5. The van der Waals surface area contributed by atoms with E-state index >= 15 is 0 Å². The van der Waals surface area contributed by atoms with Crippen LogP contribution < -0.4 is 0 Å². The Morgan fingerprint density at radius 1 is 0.237 bits per heavy atom. The Kier molecular flexibility index (Phi) is 44.0. The van der Waals surface area contributed by atoms with E-state index in [4.69, 9.17) is 0 Å². The van der Waals surface area contributed by atoms with Crippen LogP contribution in [0.3, 0.4) is 0 Å². The molecule has 0 fully saturated rings. The van der Waals surface area contributed by atoms with Gasteiger partial charge >= 0.3 is 0 Å². The van der Waals surface area contributed by atoms with Crippen molar-refractivity contribution < 1.29 is 0 Å². The fourth-order valence-corrected chi connectivity index (χ4v) is 7.26. The van der Waals surface area contributed by atoms with Crippen LogP contribution in [0.5, 0.6) is 0 Å². The van der Waals surface area contributed by atoms with Gasteiger partial charge in [0.05, 0.1) is 0 Å². The second kappa shape index (κ2) is 40.4. The topological polar surface area (TPSA) is 0 Å². The minimum atomic E-state index is 0. The first-order chi connectivity index (χ1) is 18.4. The number of hydrogen-bond donors (Lipinski definition) is 0. The van der Waals surface area contributed by atoms with Crippen molar-refractivity contribution in [1.82, 2.24) is 0 Å². The first-order valence-electron chi connectivity index (χ1n) is 18.2. The molecule has 0 heterocycles.